The number of aliphatic hydroxyl groups excluding tert-OH is 1. The first-order chi connectivity index (χ1) is 10.2. The summed E-state index contributed by atoms with van der Waals surface area (Å²) in [6.45, 7) is 5.17. The Morgan fingerprint density at radius 1 is 1.48 bits per heavy atom. The molecule has 21 heavy (non-hydrogen) atoms. The topological polar surface area (TPSA) is 48.5 Å². The number of aliphatic hydroxyl groups is 1. The molecular weight excluding hydrogens is 264 g/mol. The van der Waals surface area contributed by atoms with Crippen molar-refractivity contribution in [2.75, 3.05) is 26.7 Å². The lowest BCUT2D eigenvalue weighted by atomic mass is 9.99. The molecule has 0 saturated carbocycles. The summed E-state index contributed by atoms with van der Waals surface area (Å²) in [5.74, 6) is 1.55. The molecule has 1 aromatic heterocycles. The number of rotatable bonds is 4. The van der Waals surface area contributed by atoms with Gasteiger partial charge in [-0.3, -0.25) is 0 Å². The van der Waals surface area contributed by atoms with Gasteiger partial charge in [0.05, 0.1) is 13.2 Å². The minimum Gasteiger partial charge on any atom is -0.497 e. The Hall–Kier alpha value is -1.52. The lowest BCUT2D eigenvalue weighted by molar-refractivity contribution is 0.0884. The van der Waals surface area contributed by atoms with E-state index in [4.69, 9.17) is 4.74 Å². The molecule has 0 aliphatic carbocycles. The summed E-state index contributed by atoms with van der Waals surface area (Å²) in [5, 5.41) is 11.7. The van der Waals surface area contributed by atoms with Crippen molar-refractivity contribution in [2.24, 2.45) is 5.92 Å². The highest BCUT2D eigenvalue weighted by atomic mass is 16.5. The number of hydrogen-bond acceptors (Lipinski definition) is 3. The van der Waals surface area contributed by atoms with Crippen molar-refractivity contribution >= 4 is 10.9 Å². The predicted octanol–water partition coefficient (Wildman–Crippen LogP) is 2.94. The average Bonchev–Trinajstić information content (AvgIpc) is 2.90. The number of β-amino-alcohol motifs (C(OH)–C–C–N with tert-alkyl or cyclic N) is 1. The number of fused-ring (bicyclic) bond motifs is 1. The molecular formula is C17H24N2O2. The van der Waals surface area contributed by atoms with E-state index >= 15 is 0 Å². The smallest absolute Gasteiger partial charge is 0.119 e. The fraction of sp³-hybridized carbons (Fsp3) is 0.529. The number of aromatic amines is 1. The fourth-order valence-corrected chi connectivity index (χ4v) is 3.32. The second kappa shape index (κ2) is 6.08. The van der Waals surface area contributed by atoms with E-state index in [1.165, 1.54) is 12.8 Å². The zero-order chi connectivity index (χ0) is 14.8. The molecule has 0 unspecified atom stereocenters. The number of methoxy groups -OCH3 is 1. The van der Waals surface area contributed by atoms with Gasteiger partial charge in [0.1, 0.15) is 5.75 Å². The van der Waals surface area contributed by atoms with Gasteiger partial charge in [0.25, 0.3) is 0 Å². The molecule has 1 aliphatic rings. The molecule has 0 spiro atoms. The van der Waals surface area contributed by atoms with Crippen LogP contribution in [0.1, 0.15) is 31.4 Å². The molecule has 1 fully saturated rings. The fourth-order valence-electron chi connectivity index (χ4n) is 3.32. The van der Waals surface area contributed by atoms with Crippen molar-refractivity contribution in [3.8, 4) is 5.75 Å². The predicted molar refractivity (Wildman–Crippen MR) is 84.6 cm³/mol. The molecule has 0 bridgehead atoms. The van der Waals surface area contributed by atoms with Crippen LogP contribution in [0.2, 0.25) is 0 Å². The molecule has 0 amide bonds. The largest absolute Gasteiger partial charge is 0.497 e. The molecule has 1 aromatic carbocycles. The second-order valence-electron chi connectivity index (χ2n) is 6.18. The van der Waals surface area contributed by atoms with E-state index in [0.717, 1.165) is 41.2 Å². The molecule has 2 atom stereocenters. The van der Waals surface area contributed by atoms with E-state index < -0.39 is 6.10 Å². The van der Waals surface area contributed by atoms with Gasteiger partial charge in [-0.2, -0.15) is 0 Å². The molecule has 114 valence electrons. The van der Waals surface area contributed by atoms with Crippen LogP contribution in [-0.4, -0.2) is 41.7 Å². The van der Waals surface area contributed by atoms with Crippen molar-refractivity contribution in [3.63, 3.8) is 0 Å². The van der Waals surface area contributed by atoms with Gasteiger partial charge >= 0.3 is 0 Å². The van der Waals surface area contributed by atoms with Gasteiger partial charge in [-0.15, -0.1) is 0 Å². The molecule has 3 rings (SSSR count). The monoisotopic (exact) mass is 288 g/mol. The Bertz CT molecular complexity index is 608. The first kappa shape index (κ1) is 14.4. The van der Waals surface area contributed by atoms with E-state index in [0.29, 0.717) is 6.54 Å². The summed E-state index contributed by atoms with van der Waals surface area (Å²) in [6, 6.07) is 5.91. The number of benzene rings is 1. The van der Waals surface area contributed by atoms with Crippen molar-refractivity contribution in [3.05, 3.63) is 30.0 Å². The highest BCUT2D eigenvalue weighted by molar-refractivity contribution is 5.85. The third-order valence-electron chi connectivity index (χ3n) is 4.45. The number of aromatic nitrogens is 1. The number of hydrogen-bond donors (Lipinski definition) is 2. The molecule has 2 N–H and O–H groups in total. The SMILES string of the molecule is COc1ccc2[nH]cc([C@H](O)CN3CCC[C@H](C)C3)c2c1. The number of ether oxygens (including phenoxy) is 1. The third kappa shape index (κ3) is 3.06. The first-order valence-electron chi connectivity index (χ1n) is 7.73. The second-order valence-corrected chi connectivity index (χ2v) is 6.18. The summed E-state index contributed by atoms with van der Waals surface area (Å²) < 4.78 is 5.28. The molecule has 0 radical (unpaired) electrons. The Labute approximate surface area is 125 Å². The Balaban J connectivity index is 1.79. The van der Waals surface area contributed by atoms with Crippen LogP contribution in [0.15, 0.2) is 24.4 Å². The maximum absolute atomic E-state index is 10.6. The van der Waals surface area contributed by atoms with Gasteiger partial charge in [0, 0.05) is 35.8 Å². The summed E-state index contributed by atoms with van der Waals surface area (Å²) >= 11 is 0. The first-order valence-corrected chi connectivity index (χ1v) is 7.73. The molecule has 2 aromatic rings. The van der Waals surface area contributed by atoms with Crippen molar-refractivity contribution in [1.29, 1.82) is 0 Å². The minimum absolute atomic E-state index is 0.462. The van der Waals surface area contributed by atoms with E-state index in [9.17, 15) is 5.11 Å². The van der Waals surface area contributed by atoms with Crippen LogP contribution in [0.4, 0.5) is 0 Å². The van der Waals surface area contributed by atoms with Gasteiger partial charge in [-0.1, -0.05) is 6.92 Å². The van der Waals surface area contributed by atoms with Crippen LogP contribution >= 0.6 is 0 Å². The Morgan fingerprint density at radius 2 is 2.33 bits per heavy atom. The molecule has 4 heteroatoms. The van der Waals surface area contributed by atoms with E-state index in [1.807, 2.05) is 24.4 Å². The number of nitrogens with zero attached hydrogens (tertiary/aromatic N) is 1. The maximum Gasteiger partial charge on any atom is 0.119 e. The summed E-state index contributed by atoms with van der Waals surface area (Å²) in [5.41, 5.74) is 2.00. The average molecular weight is 288 g/mol. The highest BCUT2D eigenvalue weighted by Gasteiger charge is 2.21. The zero-order valence-corrected chi connectivity index (χ0v) is 12.8. The van der Waals surface area contributed by atoms with Gasteiger partial charge in [-0.25, -0.2) is 0 Å². The molecule has 2 heterocycles. The standard InChI is InChI=1S/C17H24N2O2/c1-12-4-3-7-19(10-12)11-17(20)15-9-18-16-6-5-13(21-2)8-14(15)16/h5-6,8-9,12,17-18,20H,3-4,7,10-11H2,1-2H3/t12-,17+/m0/s1. The Morgan fingerprint density at radius 3 is 3.10 bits per heavy atom. The molecule has 1 aliphatic heterocycles. The normalized spacial score (nSPS) is 21.6. The lowest BCUT2D eigenvalue weighted by Gasteiger charge is -2.32. The van der Waals surface area contributed by atoms with Crippen LogP contribution in [0.3, 0.4) is 0 Å². The lowest BCUT2D eigenvalue weighted by Crippen LogP contribution is -2.37. The quantitative estimate of drug-likeness (QED) is 0.909. The number of nitrogens with one attached hydrogen (secondary N) is 1. The van der Waals surface area contributed by atoms with Crippen molar-refractivity contribution in [2.45, 2.75) is 25.9 Å². The number of piperidine rings is 1. The zero-order valence-electron chi connectivity index (χ0n) is 12.8. The van der Waals surface area contributed by atoms with Gasteiger partial charge < -0.3 is 19.7 Å². The summed E-state index contributed by atoms with van der Waals surface area (Å²) in [7, 11) is 1.67. The van der Waals surface area contributed by atoms with Crippen LogP contribution in [0, 0.1) is 5.92 Å². The number of H-pyrrole nitrogens is 1. The van der Waals surface area contributed by atoms with Crippen LogP contribution in [-0.2, 0) is 0 Å². The van der Waals surface area contributed by atoms with Crippen LogP contribution in [0.25, 0.3) is 10.9 Å². The van der Waals surface area contributed by atoms with Crippen LogP contribution < -0.4 is 4.74 Å². The van der Waals surface area contributed by atoms with E-state index in [1.54, 1.807) is 7.11 Å². The van der Waals surface area contributed by atoms with Crippen LogP contribution in [0.5, 0.6) is 5.75 Å². The number of likely N-dealkylation sites (tertiary alicyclic amines) is 1. The van der Waals surface area contributed by atoms with Gasteiger partial charge in [0.15, 0.2) is 0 Å². The minimum atomic E-state index is -0.462. The molecule has 4 nitrogen and oxygen atoms in total. The summed E-state index contributed by atoms with van der Waals surface area (Å²) in [6.07, 6.45) is 3.99. The van der Waals surface area contributed by atoms with Crippen molar-refractivity contribution < 1.29 is 9.84 Å². The van der Waals surface area contributed by atoms with Gasteiger partial charge in [-0.05, 0) is 43.5 Å². The van der Waals surface area contributed by atoms with E-state index in [2.05, 4.69) is 16.8 Å². The highest BCUT2D eigenvalue weighted by Crippen LogP contribution is 2.29. The van der Waals surface area contributed by atoms with E-state index in [-0.39, 0.29) is 0 Å². The molecule has 1 saturated heterocycles. The van der Waals surface area contributed by atoms with Gasteiger partial charge in [0.2, 0.25) is 0 Å². The van der Waals surface area contributed by atoms with Crippen molar-refractivity contribution in [1.82, 2.24) is 9.88 Å². The summed E-state index contributed by atoms with van der Waals surface area (Å²) in [4.78, 5) is 5.61. The Kier molecular flexibility index (Phi) is 4.17. The maximum atomic E-state index is 10.6. The third-order valence-corrected chi connectivity index (χ3v) is 4.45.